The van der Waals surface area contributed by atoms with Crippen LogP contribution in [0.2, 0.25) is 0 Å². The smallest absolute Gasteiger partial charge is 0.317 e. The Morgan fingerprint density at radius 3 is 2.70 bits per heavy atom. The minimum atomic E-state index is -0.744. The molecule has 2 N–H and O–H groups in total. The molecule has 126 valence electrons. The van der Waals surface area contributed by atoms with Crippen LogP contribution in [0.4, 0.5) is 4.39 Å². The molecule has 0 saturated heterocycles. The Balaban J connectivity index is 1.44. The third-order valence-corrected chi connectivity index (χ3v) is 5.13. The van der Waals surface area contributed by atoms with E-state index in [1.165, 1.54) is 25.0 Å². The van der Waals surface area contributed by atoms with Gasteiger partial charge in [0.25, 0.3) is 0 Å². The van der Waals surface area contributed by atoms with Crippen LogP contribution in [0.1, 0.15) is 31.2 Å². The van der Waals surface area contributed by atoms with Crippen molar-refractivity contribution < 1.29 is 14.3 Å². The highest BCUT2D eigenvalue weighted by atomic mass is 79.9. The highest BCUT2D eigenvalue weighted by Crippen LogP contribution is 2.33. The number of nitrogens with one attached hydrogen (secondary N) is 1. The first-order valence-electron chi connectivity index (χ1n) is 8.14. The van der Waals surface area contributed by atoms with E-state index in [1.54, 1.807) is 0 Å². The summed E-state index contributed by atoms with van der Waals surface area (Å²) < 4.78 is 14.1. The van der Waals surface area contributed by atoms with E-state index >= 15 is 0 Å². The predicted octanol–water partition coefficient (Wildman–Crippen LogP) is 3.01. The first-order chi connectivity index (χ1) is 11.0. The summed E-state index contributed by atoms with van der Waals surface area (Å²) in [5.74, 6) is -0.280. The minimum Gasteiger partial charge on any atom is -0.480 e. The third kappa shape index (κ3) is 4.99. The molecule has 0 heterocycles. The molecule has 4 nitrogen and oxygen atoms in total. The lowest BCUT2D eigenvalue weighted by molar-refractivity contribution is -0.139. The molecule has 0 aliphatic heterocycles. The minimum absolute atomic E-state index is 0.144. The number of halogens is 2. The van der Waals surface area contributed by atoms with E-state index in [2.05, 4.69) is 26.1 Å². The van der Waals surface area contributed by atoms with Crippen LogP contribution in [0.25, 0.3) is 0 Å². The Morgan fingerprint density at radius 2 is 2.09 bits per heavy atom. The number of hydrogen-bond acceptors (Lipinski definition) is 3. The van der Waals surface area contributed by atoms with Crippen LogP contribution in [0.15, 0.2) is 22.7 Å². The van der Waals surface area contributed by atoms with Gasteiger partial charge in [-0.05, 0) is 55.4 Å². The van der Waals surface area contributed by atoms with E-state index in [1.807, 2.05) is 6.07 Å². The summed E-state index contributed by atoms with van der Waals surface area (Å²) in [4.78, 5) is 13.1. The zero-order valence-electron chi connectivity index (χ0n) is 13.0. The molecule has 2 fully saturated rings. The number of carbonyl (C=O) groups is 1. The summed E-state index contributed by atoms with van der Waals surface area (Å²) in [6.45, 7) is 1.70. The van der Waals surface area contributed by atoms with Crippen LogP contribution in [0.5, 0.6) is 0 Å². The lowest BCUT2D eigenvalue weighted by Gasteiger charge is -2.43. The van der Waals surface area contributed by atoms with Crippen LogP contribution in [0.3, 0.4) is 0 Å². The van der Waals surface area contributed by atoms with Crippen molar-refractivity contribution in [2.24, 2.45) is 5.92 Å². The molecule has 2 saturated carbocycles. The molecule has 0 aromatic heterocycles. The summed E-state index contributed by atoms with van der Waals surface area (Å²) in [5.41, 5.74) is 0.917. The number of carboxylic acids is 1. The molecule has 2 aliphatic rings. The number of benzene rings is 1. The molecule has 2 aliphatic carbocycles. The number of rotatable bonds is 8. The second kappa shape index (κ2) is 7.28. The van der Waals surface area contributed by atoms with Crippen molar-refractivity contribution >= 4 is 21.9 Å². The van der Waals surface area contributed by atoms with Gasteiger partial charge < -0.3 is 10.4 Å². The molecule has 0 unspecified atom stereocenters. The second-order valence-corrected chi connectivity index (χ2v) is 7.66. The average molecular weight is 385 g/mol. The zero-order valence-corrected chi connectivity index (χ0v) is 14.6. The van der Waals surface area contributed by atoms with Gasteiger partial charge in [-0.2, -0.15) is 0 Å². The average Bonchev–Trinajstić information content (AvgIpc) is 3.18. The van der Waals surface area contributed by atoms with E-state index in [0.717, 1.165) is 29.4 Å². The van der Waals surface area contributed by atoms with E-state index in [4.69, 9.17) is 5.11 Å². The van der Waals surface area contributed by atoms with Crippen molar-refractivity contribution in [3.05, 3.63) is 34.1 Å². The zero-order chi connectivity index (χ0) is 16.4. The van der Waals surface area contributed by atoms with Crippen molar-refractivity contribution in [2.75, 3.05) is 13.1 Å². The van der Waals surface area contributed by atoms with Gasteiger partial charge >= 0.3 is 5.97 Å². The van der Waals surface area contributed by atoms with Gasteiger partial charge in [0.15, 0.2) is 0 Å². The van der Waals surface area contributed by atoms with E-state index in [0.29, 0.717) is 24.5 Å². The number of aliphatic carboxylic acids is 1. The highest BCUT2D eigenvalue weighted by molar-refractivity contribution is 9.10. The maximum atomic E-state index is 13.3. The van der Waals surface area contributed by atoms with Crippen molar-refractivity contribution in [1.82, 2.24) is 10.2 Å². The number of hydrogen-bond donors (Lipinski definition) is 2. The molecule has 1 aromatic rings. The van der Waals surface area contributed by atoms with Gasteiger partial charge in [-0.25, -0.2) is 4.39 Å². The Kier molecular flexibility index (Phi) is 5.34. The summed E-state index contributed by atoms with van der Waals surface area (Å²) in [7, 11) is 0. The molecule has 0 radical (unpaired) electrons. The first-order valence-corrected chi connectivity index (χ1v) is 8.93. The van der Waals surface area contributed by atoms with Crippen LogP contribution in [-0.2, 0) is 11.3 Å². The number of carboxylic acid groups (broad SMARTS) is 1. The summed E-state index contributed by atoms with van der Waals surface area (Å²) in [5, 5.41) is 12.5. The highest BCUT2D eigenvalue weighted by Gasteiger charge is 2.36. The van der Waals surface area contributed by atoms with Crippen LogP contribution >= 0.6 is 15.9 Å². The largest absolute Gasteiger partial charge is 0.480 e. The van der Waals surface area contributed by atoms with Crippen LogP contribution in [0, 0.1) is 11.7 Å². The first kappa shape index (κ1) is 16.9. The predicted molar refractivity (Wildman–Crippen MR) is 89.7 cm³/mol. The maximum Gasteiger partial charge on any atom is 0.317 e. The van der Waals surface area contributed by atoms with E-state index in [9.17, 15) is 9.18 Å². The Labute approximate surface area is 144 Å². The summed E-state index contributed by atoms with van der Waals surface area (Å²) >= 11 is 3.30. The van der Waals surface area contributed by atoms with E-state index in [-0.39, 0.29) is 12.4 Å². The Bertz CT molecular complexity index is 553. The fraction of sp³-hybridized carbons (Fsp3) is 0.588. The quantitative estimate of drug-likeness (QED) is 0.723. The summed E-state index contributed by atoms with van der Waals surface area (Å²) in [6.07, 6.45) is 4.41. The Hall–Kier alpha value is -0.980. The second-order valence-electron chi connectivity index (χ2n) is 6.75. The lowest BCUT2D eigenvalue weighted by atomic mass is 9.85. The molecule has 0 amide bonds. The standard InChI is InChI=1S/C17H22BrFN2O2/c18-13-3-12(4-14(19)5-13)8-20-15-6-16(7-15)21(10-17(22)23)9-11-1-2-11/h3-5,11,15-16,20H,1-2,6-10H2,(H,22,23). The third-order valence-electron chi connectivity index (χ3n) is 4.67. The number of nitrogens with zero attached hydrogens (tertiary/aromatic N) is 1. The van der Waals surface area contributed by atoms with Gasteiger partial charge in [0.2, 0.25) is 0 Å². The van der Waals surface area contributed by atoms with Crippen molar-refractivity contribution in [3.8, 4) is 0 Å². The fourth-order valence-electron chi connectivity index (χ4n) is 3.18. The van der Waals surface area contributed by atoms with Gasteiger partial charge in [-0.15, -0.1) is 0 Å². The Morgan fingerprint density at radius 1 is 1.35 bits per heavy atom. The summed E-state index contributed by atoms with van der Waals surface area (Å²) in [6, 6.07) is 5.65. The van der Waals surface area contributed by atoms with E-state index < -0.39 is 5.97 Å². The molecule has 0 bridgehead atoms. The van der Waals surface area contributed by atoms with Crippen molar-refractivity contribution in [2.45, 2.75) is 44.3 Å². The fourth-order valence-corrected chi connectivity index (χ4v) is 3.69. The lowest BCUT2D eigenvalue weighted by Crippen LogP contribution is -2.54. The normalized spacial score (nSPS) is 23.8. The maximum absolute atomic E-state index is 13.3. The van der Waals surface area contributed by atoms with Crippen LogP contribution < -0.4 is 5.32 Å². The molecule has 6 heteroatoms. The topological polar surface area (TPSA) is 52.6 Å². The molecular weight excluding hydrogens is 363 g/mol. The van der Waals surface area contributed by atoms with Gasteiger partial charge in [-0.3, -0.25) is 9.69 Å². The van der Waals surface area contributed by atoms with Crippen molar-refractivity contribution in [1.29, 1.82) is 0 Å². The molecule has 3 rings (SSSR count). The monoisotopic (exact) mass is 384 g/mol. The molecular formula is C17H22BrFN2O2. The van der Waals surface area contributed by atoms with Gasteiger partial charge in [-0.1, -0.05) is 15.9 Å². The SMILES string of the molecule is O=C(O)CN(CC1CC1)C1CC(NCc2cc(F)cc(Br)c2)C1. The van der Waals surface area contributed by atoms with Gasteiger partial charge in [0.05, 0.1) is 6.54 Å². The molecule has 23 heavy (non-hydrogen) atoms. The van der Waals surface area contributed by atoms with Crippen LogP contribution in [-0.4, -0.2) is 41.1 Å². The van der Waals surface area contributed by atoms with Gasteiger partial charge in [0.1, 0.15) is 5.82 Å². The van der Waals surface area contributed by atoms with Crippen molar-refractivity contribution in [3.63, 3.8) is 0 Å². The molecule has 0 atom stereocenters. The molecule has 0 spiro atoms. The van der Waals surface area contributed by atoms with Gasteiger partial charge in [0, 0.05) is 29.6 Å². The molecule has 1 aromatic carbocycles.